The van der Waals surface area contributed by atoms with Gasteiger partial charge in [0.05, 0.1) is 25.3 Å². The molecule has 0 radical (unpaired) electrons. The molecular weight excluding hydrogens is 316 g/mol. The van der Waals surface area contributed by atoms with Crippen molar-refractivity contribution in [1.82, 2.24) is 4.98 Å². The molecule has 124 valence electrons. The van der Waals surface area contributed by atoms with E-state index in [0.717, 1.165) is 17.1 Å². The maximum atomic E-state index is 10.7. The lowest BCUT2D eigenvalue weighted by Gasteiger charge is -2.12. The zero-order chi connectivity index (χ0) is 16.7. The smallest absolute Gasteiger partial charge is 0.309 e. The molecule has 0 aliphatic carbocycles. The molecule has 6 nitrogen and oxygen atoms in total. The van der Waals surface area contributed by atoms with E-state index in [4.69, 9.17) is 14.6 Å². The lowest BCUT2D eigenvalue weighted by Crippen LogP contribution is -2.03. The minimum Gasteiger partial charge on any atom is -0.490 e. The van der Waals surface area contributed by atoms with Crippen LogP contribution in [-0.4, -0.2) is 29.3 Å². The summed E-state index contributed by atoms with van der Waals surface area (Å²) in [5, 5.41) is 14.4. The molecule has 1 heterocycles. The number of aromatic nitrogens is 1. The first-order valence-electron chi connectivity index (χ1n) is 7.41. The fourth-order valence-electron chi connectivity index (χ4n) is 2.01. The van der Waals surface area contributed by atoms with Gasteiger partial charge in [0.1, 0.15) is 0 Å². The number of aliphatic carboxylic acids is 1. The van der Waals surface area contributed by atoms with Gasteiger partial charge in [-0.3, -0.25) is 4.79 Å². The van der Waals surface area contributed by atoms with Crippen LogP contribution in [0.2, 0.25) is 0 Å². The average molecular weight is 336 g/mol. The Hall–Kier alpha value is -2.28. The fourth-order valence-corrected chi connectivity index (χ4v) is 2.72. The van der Waals surface area contributed by atoms with Crippen molar-refractivity contribution in [3.05, 3.63) is 34.8 Å². The second-order valence-corrected chi connectivity index (χ2v) is 5.57. The van der Waals surface area contributed by atoms with Gasteiger partial charge in [-0.05, 0) is 31.5 Å². The highest BCUT2D eigenvalue weighted by atomic mass is 32.1. The van der Waals surface area contributed by atoms with Crippen LogP contribution < -0.4 is 14.8 Å². The summed E-state index contributed by atoms with van der Waals surface area (Å²) in [4.78, 5) is 14.9. The molecule has 7 heteroatoms. The molecule has 0 atom stereocenters. The highest BCUT2D eigenvalue weighted by molar-refractivity contribution is 7.13. The fraction of sp³-hybridized carbons (Fsp3) is 0.375. The SMILES string of the molecule is CCOc1ccc(CNc2nc(CC(=O)O)cs2)cc1OCC. The van der Waals surface area contributed by atoms with Crippen LogP contribution in [-0.2, 0) is 17.8 Å². The Bertz CT molecular complexity index is 657. The van der Waals surface area contributed by atoms with Crippen molar-refractivity contribution in [2.75, 3.05) is 18.5 Å². The molecule has 0 saturated carbocycles. The topological polar surface area (TPSA) is 80.7 Å². The van der Waals surface area contributed by atoms with Crippen LogP contribution in [0.5, 0.6) is 11.5 Å². The Kier molecular flexibility index (Phi) is 6.22. The molecule has 0 spiro atoms. The van der Waals surface area contributed by atoms with Crippen LogP contribution in [0.4, 0.5) is 5.13 Å². The van der Waals surface area contributed by atoms with Crippen LogP contribution >= 0.6 is 11.3 Å². The summed E-state index contributed by atoms with van der Waals surface area (Å²) in [5.41, 5.74) is 1.60. The van der Waals surface area contributed by atoms with Crippen molar-refractivity contribution in [3.63, 3.8) is 0 Å². The zero-order valence-electron chi connectivity index (χ0n) is 13.2. The molecule has 1 aromatic heterocycles. The number of carboxylic acids is 1. The van der Waals surface area contributed by atoms with Crippen molar-refractivity contribution in [2.24, 2.45) is 0 Å². The number of nitrogens with zero attached hydrogens (tertiary/aromatic N) is 1. The predicted molar refractivity (Wildman–Crippen MR) is 89.6 cm³/mol. The number of rotatable bonds is 9. The Labute approximate surface area is 139 Å². The third kappa shape index (κ3) is 5.14. The van der Waals surface area contributed by atoms with Crippen LogP contribution in [0.1, 0.15) is 25.1 Å². The number of ether oxygens (including phenoxy) is 2. The van der Waals surface area contributed by atoms with Crippen LogP contribution in [0.3, 0.4) is 0 Å². The van der Waals surface area contributed by atoms with Gasteiger partial charge in [0.15, 0.2) is 16.6 Å². The van der Waals surface area contributed by atoms with E-state index in [-0.39, 0.29) is 6.42 Å². The summed E-state index contributed by atoms with van der Waals surface area (Å²) in [5.74, 6) is 0.574. The molecule has 2 aromatic rings. The van der Waals surface area contributed by atoms with Gasteiger partial charge < -0.3 is 19.9 Å². The minimum absolute atomic E-state index is 0.0598. The number of thiazole rings is 1. The number of hydrogen-bond donors (Lipinski definition) is 2. The van der Waals surface area contributed by atoms with Crippen molar-refractivity contribution < 1.29 is 19.4 Å². The third-order valence-corrected chi connectivity index (χ3v) is 3.78. The number of anilines is 1. The van der Waals surface area contributed by atoms with Gasteiger partial charge in [-0.2, -0.15) is 0 Å². The summed E-state index contributed by atoms with van der Waals surface area (Å²) in [6.07, 6.45) is -0.0598. The van der Waals surface area contributed by atoms with Crippen molar-refractivity contribution in [1.29, 1.82) is 0 Å². The first kappa shape index (κ1) is 17.1. The van der Waals surface area contributed by atoms with E-state index in [0.29, 0.717) is 30.6 Å². The van der Waals surface area contributed by atoms with Crippen molar-refractivity contribution >= 4 is 22.4 Å². The van der Waals surface area contributed by atoms with E-state index >= 15 is 0 Å². The first-order chi connectivity index (χ1) is 11.1. The Morgan fingerprint density at radius 3 is 2.70 bits per heavy atom. The van der Waals surface area contributed by atoms with Gasteiger partial charge in [-0.1, -0.05) is 6.07 Å². The average Bonchev–Trinajstić information content (AvgIpc) is 2.94. The second-order valence-electron chi connectivity index (χ2n) is 4.72. The highest BCUT2D eigenvalue weighted by Gasteiger charge is 2.08. The normalized spacial score (nSPS) is 10.3. The molecule has 0 aliphatic rings. The molecule has 0 unspecified atom stereocenters. The summed E-state index contributed by atoms with van der Waals surface area (Å²) in [6.45, 7) is 5.60. The van der Waals surface area contributed by atoms with Crippen LogP contribution in [0, 0.1) is 0 Å². The zero-order valence-corrected chi connectivity index (χ0v) is 14.0. The second kappa shape index (κ2) is 8.38. The monoisotopic (exact) mass is 336 g/mol. The molecule has 23 heavy (non-hydrogen) atoms. The van der Waals surface area contributed by atoms with E-state index < -0.39 is 5.97 Å². The molecule has 0 saturated heterocycles. The molecule has 1 aromatic carbocycles. The van der Waals surface area contributed by atoms with E-state index in [1.165, 1.54) is 11.3 Å². The maximum absolute atomic E-state index is 10.7. The molecule has 2 N–H and O–H groups in total. The van der Waals surface area contributed by atoms with Gasteiger partial charge in [0.2, 0.25) is 0 Å². The maximum Gasteiger partial charge on any atom is 0.309 e. The Morgan fingerprint density at radius 2 is 2.00 bits per heavy atom. The summed E-state index contributed by atoms with van der Waals surface area (Å²) in [6, 6.07) is 5.79. The van der Waals surface area contributed by atoms with Gasteiger partial charge in [0, 0.05) is 11.9 Å². The van der Waals surface area contributed by atoms with Gasteiger partial charge in [-0.25, -0.2) is 4.98 Å². The van der Waals surface area contributed by atoms with E-state index in [1.54, 1.807) is 5.38 Å². The standard InChI is InChI=1S/C16H20N2O4S/c1-3-21-13-6-5-11(7-14(13)22-4-2)9-17-16-18-12(10-23-16)8-15(19)20/h5-7,10H,3-4,8-9H2,1-2H3,(H,17,18)(H,19,20). The number of carboxylic acid groups (broad SMARTS) is 1. The van der Waals surface area contributed by atoms with Gasteiger partial charge in [0.25, 0.3) is 0 Å². The number of hydrogen-bond acceptors (Lipinski definition) is 6. The molecular formula is C16H20N2O4S. The molecule has 0 amide bonds. The molecule has 2 rings (SSSR count). The lowest BCUT2D eigenvalue weighted by atomic mass is 10.2. The minimum atomic E-state index is -0.880. The quantitative estimate of drug-likeness (QED) is 0.732. The van der Waals surface area contributed by atoms with E-state index in [9.17, 15) is 4.79 Å². The predicted octanol–water partition coefficient (Wildman–Crippen LogP) is 3.18. The number of nitrogens with one attached hydrogen (secondary N) is 1. The molecule has 0 fully saturated rings. The Morgan fingerprint density at radius 1 is 1.26 bits per heavy atom. The van der Waals surface area contributed by atoms with Crippen LogP contribution in [0.25, 0.3) is 0 Å². The largest absolute Gasteiger partial charge is 0.490 e. The number of carbonyl (C=O) groups is 1. The Balaban J connectivity index is 2.00. The third-order valence-electron chi connectivity index (χ3n) is 2.94. The van der Waals surface area contributed by atoms with Crippen molar-refractivity contribution in [3.8, 4) is 11.5 Å². The summed E-state index contributed by atoms with van der Waals surface area (Å²) >= 11 is 1.40. The highest BCUT2D eigenvalue weighted by Crippen LogP contribution is 2.29. The summed E-state index contributed by atoms with van der Waals surface area (Å²) < 4.78 is 11.1. The van der Waals surface area contributed by atoms with Gasteiger partial charge in [-0.15, -0.1) is 11.3 Å². The van der Waals surface area contributed by atoms with Crippen LogP contribution in [0.15, 0.2) is 23.6 Å². The summed E-state index contributed by atoms with van der Waals surface area (Å²) in [7, 11) is 0. The number of benzene rings is 1. The van der Waals surface area contributed by atoms with Crippen molar-refractivity contribution in [2.45, 2.75) is 26.8 Å². The van der Waals surface area contributed by atoms with E-state index in [2.05, 4.69) is 10.3 Å². The van der Waals surface area contributed by atoms with E-state index in [1.807, 2.05) is 32.0 Å². The first-order valence-corrected chi connectivity index (χ1v) is 8.29. The lowest BCUT2D eigenvalue weighted by molar-refractivity contribution is -0.136. The molecule has 0 aliphatic heterocycles. The van der Waals surface area contributed by atoms with Gasteiger partial charge >= 0.3 is 5.97 Å². The molecule has 0 bridgehead atoms.